The lowest BCUT2D eigenvalue weighted by Gasteiger charge is -2.41. The highest BCUT2D eigenvalue weighted by Gasteiger charge is 2.48. The first-order valence-electron chi connectivity index (χ1n) is 10.9. The van der Waals surface area contributed by atoms with Gasteiger partial charge in [0.2, 0.25) is 5.91 Å². The van der Waals surface area contributed by atoms with Gasteiger partial charge in [-0.2, -0.15) is 0 Å². The van der Waals surface area contributed by atoms with Gasteiger partial charge in [0.25, 0.3) is 11.8 Å². The fourth-order valence-electron chi connectivity index (χ4n) is 3.78. The van der Waals surface area contributed by atoms with E-state index in [9.17, 15) is 14.4 Å². The maximum Gasteiger partial charge on any atom is 0.261 e. The third-order valence-electron chi connectivity index (χ3n) is 5.73. The maximum atomic E-state index is 13.3. The van der Waals surface area contributed by atoms with Crippen LogP contribution in [0.25, 0.3) is 0 Å². The normalized spacial score (nSPS) is 16.2. The van der Waals surface area contributed by atoms with Crippen molar-refractivity contribution in [3.05, 3.63) is 54.6 Å². The molecule has 0 radical (unpaired) electrons. The van der Waals surface area contributed by atoms with Crippen molar-refractivity contribution < 1.29 is 23.9 Å². The third kappa shape index (κ3) is 4.93. The Morgan fingerprint density at radius 3 is 2.22 bits per heavy atom. The molecule has 32 heavy (non-hydrogen) atoms. The zero-order valence-electron chi connectivity index (χ0n) is 19.0. The minimum absolute atomic E-state index is 0.0629. The second-order valence-electron chi connectivity index (χ2n) is 8.25. The van der Waals surface area contributed by atoms with E-state index in [1.807, 2.05) is 45.9 Å². The SMILES string of the molecule is CCOc1ccc(N2C(=O)CC(N(C(=O)COc3ccccc3)C(C)(C)CC)C2=O)cc1. The molecule has 3 amide bonds. The van der Waals surface area contributed by atoms with Crippen molar-refractivity contribution in [1.29, 1.82) is 0 Å². The fourth-order valence-corrected chi connectivity index (χ4v) is 3.78. The molecule has 1 atom stereocenters. The quantitative estimate of drug-likeness (QED) is 0.557. The van der Waals surface area contributed by atoms with Gasteiger partial charge in [-0.25, -0.2) is 4.90 Å². The predicted octanol–water partition coefficient (Wildman–Crippen LogP) is 3.81. The molecular weight excluding hydrogens is 408 g/mol. The van der Waals surface area contributed by atoms with Crippen LogP contribution in [0.4, 0.5) is 5.69 Å². The number of imide groups is 1. The van der Waals surface area contributed by atoms with E-state index >= 15 is 0 Å². The standard InChI is InChI=1S/C25H30N2O5/c1-5-25(3,4)27(23(29)17-32-19-10-8-7-9-11-19)21-16-22(28)26(24(21)30)18-12-14-20(15-13-18)31-6-2/h7-15,21H,5-6,16-17H2,1-4H3. The summed E-state index contributed by atoms with van der Waals surface area (Å²) in [4.78, 5) is 42.1. The molecule has 0 saturated carbocycles. The van der Waals surface area contributed by atoms with Gasteiger partial charge in [0.05, 0.1) is 18.7 Å². The summed E-state index contributed by atoms with van der Waals surface area (Å²) in [5.41, 5.74) is -0.166. The number of para-hydroxylation sites is 1. The Morgan fingerprint density at radius 1 is 1.00 bits per heavy atom. The Hall–Kier alpha value is -3.35. The van der Waals surface area contributed by atoms with Gasteiger partial charge in [-0.3, -0.25) is 14.4 Å². The predicted molar refractivity (Wildman–Crippen MR) is 122 cm³/mol. The third-order valence-corrected chi connectivity index (χ3v) is 5.73. The Labute approximate surface area is 188 Å². The highest BCUT2D eigenvalue weighted by molar-refractivity contribution is 6.23. The molecule has 2 aromatic rings. The number of hydrogen-bond acceptors (Lipinski definition) is 5. The van der Waals surface area contributed by atoms with Gasteiger partial charge in [0, 0.05) is 5.54 Å². The van der Waals surface area contributed by atoms with E-state index < -0.39 is 17.5 Å². The van der Waals surface area contributed by atoms with Gasteiger partial charge in [-0.1, -0.05) is 25.1 Å². The lowest BCUT2D eigenvalue weighted by atomic mass is 9.96. The Kier molecular flexibility index (Phi) is 7.18. The summed E-state index contributed by atoms with van der Waals surface area (Å²) in [7, 11) is 0. The summed E-state index contributed by atoms with van der Waals surface area (Å²) in [6.07, 6.45) is 0.553. The molecule has 0 spiro atoms. The summed E-state index contributed by atoms with van der Waals surface area (Å²) in [6.45, 7) is 7.93. The zero-order chi connectivity index (χ0) is 23.3. The molecule has 0 N–H and O–H groups in total. The van der Waals surface area contributed by atoms with E-state index in [1.165, 1.54) is 4.90 Å². The van der Waals surface area contributed by atoms with E-state index in [-0.39, 0.29) is 24.8 Å². The molecule has 1 unspecified atom stereocenters. The van der Waals surface area contributed by atoms with Crippen LogP contribution in [-0.2, 0) is 14.4 Å². The topological polar surface area (TPSA) is 76.2 Å². The molecule has 3 rings (SSSR count). The van der Waals surface area contributed by atoms with Gasteiger partial charge in [-0.05, 0) is 63.6 Å². The smallest absolute Gasteiger partial charge is 0.261 e. The molecule has 2 aromatic carbocycles. The van der Waals surface area contributed by atoms with Crippen LogP contribution in [-0.4, -0.2) is 47.4 Å². The van der Waals surface area contributed by atoms with Crippen LogP contribution < -0.4 is 14.4 Å². The number of carbonyl (C=O) groups excluding carboxylic acids is 3. The van der Waals surface area contributed by atoms with E-state index in [4.69, 9.17) is 9.47 Å². The summed E-state index contributed by atoms with van der Waals surface area (Å²) in [5, 5.41) is 0. The van der Waals surface area contributed by atoms with Crippen molar-refractivity contribution in [2.24, 2.45) is 0 Å². The minimum atomic E-state index is -0.879. The van der Waals surface area contributed by atoms with E-state index in [1.54, 1.807) is 36.4 Å². The number of ether oxygens (including phenoxy) is 2. The van der Waals surface area contributed by atoms with Crippen molar-refractivity contribution in [3.8, 4) is 11.5 Å². The van der Waals surface area contributed by atoms with Gasteiger partial charge in [0.1, 0.15) is 17.5 Å². The summed E-state index contributed by atoms with van der Waals surface area (Å²) < 4.78 is 11.1. The first-order chi connectivity index (χ1) is 15.3. The zero-order valence-corrected chi connectivity index (χ0v) is 19.0. The largest absolute Gasteiger partial charge is 0.494 e. The van der Waals surface area contributed by atoms with Crippen LogP contribution >= 0.6 is 0 Å². The van der Waals surface area contributed by atoms with Crippen LogP contribution in [0.5, 0.6) is 11.5 Å². The molecule has 1 fully saturated rings. The number of rotatable bonds is 9. The van der Waals surface area contributed by atoms with Gasteiger partial charge >= 0.3 is 0 Å². The summed E-state index contributed by atoms with van der Waals surface area (Å²) >= 11 is 0. The monoisotopic (exact) mass is 438 g/mol. The highest BCUT2D eigenvalue weighted by Crippen LogP contribution is 2.32. The van der Waals surface area contributed by atoms with Gasteiger partial charge in [-0.15, -0.1) is 0 Å². The average Bonchev–Trinajstić information content (AvgIpc) is 3.07. The van der Waals surface area contributed by atoms with Crippen molar-refractivity contribution in [1.82, 2.24) is 4.90 Å². The van der Waals surface area contributed by atoms with Crippen LogP contribution in [0.2, 0.25) is 0 Å². The molecule has 1 heterocycles. The summed E-state index contributed by atoms with van der Waals surface area (Å²) in [5.74, 6) is 0.154. The molecule has 0 aliphatic carbocycles. The molecule has 1 saturated heterocycles. The number of nitrogens with zero attached hydrogens (tertiary/aromatic N) is 2. The van der Waals surface area contributed by atoms with E-state index in [2.05, 4.69) is 0 Å². The number of anilines is 1. The Morgan fingerprint density at radius 2 is 1.62 bits per heavy atom. The number of hydrogen-bond donors (Lipinski definition) is 0. The second-order valence-corrected chi connectivity index (χ2v) is 8.25. The lowest BCUT2D eigenvalue weighted by molar-refractivity contribution is -0.146. The summed E-state index contributed by atoms with van der Waals surface area (Å²) in [6, 6.07) is 15.0. The molecule has 1 aliphatic rings. The average molecular weight is 439 g/mol. The Bertz CT molecular complexity index is 956. The van der Waals surface area contributed by atoms with E-state index in [0.29, 0.717) is 30.2 Å². The van der Waals surface area contributed by atoms with Crippen LogP contribution in [0.3, 0.4) is 0 Å². The molecule has 1 aliphatic heterocycles. The molecule has 170 valence electrons. The molecule has 7 nitrogen and oxygen atoms in total. The van der Waals surface area contributed by atoms with Crippen molar-refractivity contribution in [2.45, 2.75) is 52.1 Å². The van der Waals surface area contributed by atoms with Crippen molar-refractivity contribution in [2.75, 3.05) is 18.1 Å². The molecule has 0 bridgehead atoms. The number of carbonyl (C=O) groups is 3. The van der Waals surface area contributed by atoms with Gasteiger partial charge < -0.3 is 14.4 Å². The van der Waals surface area contributed by atoms with Crippen molar-refractivity contribution >= 4 is 23.4 Å². The number of amides is 3. The molecular formula is C25H30N2O5. The van der Waals surface area contributed by atoms with E-state index in [0.717, 1.165) is 4.90 Å². The van der Waals surface area contributed by atoms with Crippen LogP contribution in [0.15, 0.2) is 54.6 Å². The number of benzene rings is 2. The lowest BCUT2D eigenvalue weighted by Crippen LogP contribution is -2.56. The van der Waals surface area contributed by atoms with Crippen molar-refractivity contribution in [3.63, 3.8) is 0 Å². The Balaban J connectivity index is 1.82. The first kappa shape index (κ1) is 23.3. The second kappa shape index (κ2) is 9.85. The maximum absolute atomic E-state index is 13.3. The van der Waals surface area contributed by atoms with Crippen LogP contribution in [0.1, 0.15) is 40.5 Å². The highest BCUT2D eigenvalue weighted by atomic mass is 16.5. The molecule has 0 aromatic heterocycles. The van der Waals surface area contributed by atoms with Gasteiger partial charge in [0.15, 0.2) is 6.61 Å². The minimum Gasteiger partial charge on any atom is -0.494 e. The van der Waals surface area contributed by atoms with Crippen LogP contribution in [0, 0.1) is 0 Å². The molecule has 7 heteroatoms. The fraction of sp³-hybridized carbons (Fsp3) is 0.400. The first-order valence-corrected chi connectivity index (χ1v) is 10.9.